The van der Waals surface area contributed by atoms with Gasteiger partial charge in [-0.05, 0) is 17.7 Å². The first-order chi connectivity index (χ1) is 7.63. The zero-order chi connectivity index (χ0) is 12.0. The molecule has 86 valence electrons. The van der Waals surface area contributed by atoms with Gasteiger partial charge in [0.15, 0.2) is 0 Å². The molecule has 1 aromatic carbocycles. The summed E-state index contributed by atoms with van der Waals surface area (Å²) in [6, 6.07) is 7.01. The molecule has 0 bridgehead atoms. The van der Waals surface area contributed by atoms with Crippen LogP contribution in [-0.4, -0.2) is 23.9 Å². The number of carbonyl (C=O) groups is 1. The van der Waals surface area contributed by atoms with Gasteiger partial charge >= 0.3 is 5.97 Å². The topological polar surface area (TPSA) is 58.9 Å². The molecular weight excluding hydrogens is 230 g/mol. The first kappa shape index (κ1) is 12.5. The van der Waals surface area contributed by atoms with Gasteiger partial charge in [0.25, 0.3) is 0 Å². The van der Waals surface area contributed by atoms with Crippen LogP contribution in [0.15, 0.2) is 29.4 Å². The summed E-state index contributed by atoms with van der Waals surface area (Å²) in [6.45, 7) is 0. The largest absolute Gasteiger partial charge is 0.481 e. The van der Waals surface area contributed by atoms with Gasteiger partial charge in [0.2, 0.25) is 0 Å². The summed E-state index contributed by atoms with van der Waals surface area (Å²) >= 11 is 5.76. The molecular formula is C11H12ClNO3. The Labute approximate surface area is 98.5 Å². The Morgan fingerprint density at radius 2 is 2.00 bits per heavy atom. The number of carboxylic acids is 1. The fourth-order valence-electron chi connectivity index (χ4n) is 1.22. The second-order valence-corrected chi connectivity index (χ2v) is 3.56. The van der Waals surface area contributed by atoms with Gasteiger partial charge in [0.05, 0.1) is 12.1 Å². The monoisotopic (exact) mass is 241 g/mol. The van der Waals surface area contributed by atoms with Crippen LogP contribution in [0.5, 0.6) is 0 Å². The number of rotatable bonds is 5. The molecule has 0 amide bonds. The third kappa shape index (κ3) is 3.90. The first-order valence-corrected chi connectivity index (χ1v) is 5.09. The van der Waals surface area contributed by atoms with E-state index in [4.69, 9.17) is 16.7 Å². The molecule has 0 aliphatic rings. The number of aliphatic carboxylic acids is 1. The molecule has 0 fully saturated rings. The zero-order valence-electron chi connectivity index (χ0n) is 8.81. The summed E-state index contributed by atoms with van der Waals surface area (Å²) in [6.07, 6.45) is 0.343. The zero-order valence-corrected chi connectivity index (χ0v) is 9.57. The van der Waals surface area contributed by atoms with E-state index in [2.05, 4.69) is 9.99 Å². The van der Waals surface area contributed by atoms with Crippen LogP contribution in [0.2, 0.25) is 5.02 Å². The smallest absolute Gasteiger partial charge is 0.303 e. The van der Waals surface area contributed by atoms with Gasteiger partial charge in [0.1, 0.15) is 7.11 Å². The summed E-state index contributed by atoms with van der Waals surface area (Å²) in [5, 5.41) is 13.0. The minimum atomic E-state index is -0.863. The molecule has 0 aliphatic carbocycles. The second-order valence-electron chi connectivity index (χ2n) is 3.12. The van der Waals surface area contributed by atoms with Crippen molar-refractivity contribution < 1.29 is 14.7 Å². The molecule has 1 aromatic rings. The molecule has 0 aromatic heterocycles. The Balaban J connectivity index is 2.81. The number of oxime groups is 1. The lowest BCUT2D eigenvalue weighted by Crippen LogP contribution is -2.05. The van der Waals surface area contributed by atoms with Crippen LogP contribution in [-0.2, 0) is 9.63 Å². The van der Waals surface area contributed by atoms with E-state index in [0.29, 0.717) is 17.2 Å². The molecule has 0 aliphatic heterocycles. The van der Waals surface area contributed by atoms with Crippen molar-refractivity contribution in [1.29, 1.82) is 0 Å². The Bertz CT molecular complexity index is 387. The summed E-state index contributed by atoms with van der Waals surface area (Å²) in [5.74, 6) is -0.863. The van der Waals surface area contributed by atoms with Crippen molar-refractivity contribution in [2.75, 3.05) is 7.11 Å². The van der Waals surface area contributed by atoms with E-state index in [-0.39, 0.29) is 6.42 Å². The van der Waals surface area contributed by atoms with Crippen molar-refractivity contribution in [2.45, 2.75) is 12.8 Å². The summed E-state index contributed by atoms with van der Waals surface area (Å²) in [7, 11) is 1.43. The van der Waals surface area contributed by atoms with Crippen molar-refractivity contribution in [2.24, 2.45) is 5.16 Å². The maximum absolute atomic E-state index is 10.5. The van der Waals surface area contributed by atoms with Gasteiger partial charge < -0.3 is 9.94 Å². The van der Waals surface area contributed by atoms with E-state index in [1.54, 1.807) is 24.3 Å². The number of benzene rings is 1. The second kappa shape index (κ2) is 6.12. The van der Waals surface area contributed by atoms with Gasteiger partial charge in [-0.1, -0.05) is 28.9 Å². The SMILES string of the molecule is CO/N=C(\CCC(=O)O)c1ccc(Cl)cc1. The third-order valence-electron chi connectivity index (χ3n) is 1.95. The highest BCUT2D eigenvalue weighted by Crippen LogP contribution is 2.12. The summed E-state index contributed by atoms with van der Waals surface area (Å²) in [5.41, 5.74) is 1.41. The fraction of sp³-hybridized carbons (Fsp3) is 0.273. The van der Waals surface area contributed by atoms with Crippen molar-refractivity contribution >= 4 is 23.3 Å². The lowest BCUT2D eigenvalue weighted by molar-refractivity contribution is -0.136. The molecule has 0 unspecified atom stereocenters. The van der Waals surface area contributed by atoms with E-state index in [1.807, 2.05) is 0 Å². The summed E-state index contributed by atoms with van der Waals surface area (Å²) < 4.78 is 0. The van der Waals surface area contributed by atoms with E-state index >= 15 is 0 Å². The Morgan fingerprint density at radius 3 is 2.50 bits per heavy atom. The maximum atomic E-state index is 10.5. The predicted molar refractivity (Wildman–Crippen MR) is 61.9 cm³/mol. The standard InChI is InChI=1S/C11H12ClNO3/c1-16-13-10(6-7-11(14)15)8-2-4-9(12)5-3-8/h2-5H,6-7H2,1H3,(H,14,15)/b13-10+. The number of nitrogens with zero attached hydrogens (tertiary/aromatic N) is 1. The molecule has 0 spiro atoms. The minimum absolute atomic E-state index is 0.0187. The quantitative estimate of drug-likeness (QED) is 0.637. The third-order valence-corrected chi connectivity index (χ3v) is 2.21. The normalized spacial score (nSPS) is 11.2. The van der Waals surface area contributed by atoms with Gasteiger partial charge in [-0.2, -0.15) is 0 Å². The van der Waals surface area contributed by atoms with Gasteiger partial charge in [0, 0.05) is 11.4 Å². The number of halogens is 1. The van der Waals surface area contributed by atoms with Crippen LogP contribution in [0.4, 0.5) is 0 Å². The van der Waals surface area contributed by atoms with Crippen molar-refractivity contribution in [3.8, 4) is 0 Å². The number of carboxylic acid groups (broad SMARTS) is 1. The molecule has 4 nitrogen and oxygen atoms in total. The van der Waals surface area contributed by atoms with Crippen molar-refractivity contribution in [3.63, 3.8) is 0 Å². The first-order valence-electron chi connectivity index (χ1n) is 4.71. The molecule has 1 rings (SSSR count). The van der Waals surface area contributed by atoms with E-state index in [9.17, 15) is 4.79 Å². The van der Waals surface area contributed by atoms with Crippen LogP contribution >= 0.6 is 11.6 Å². The van der Waals surface area contributed by atoms with Gasteiger partial charge in [-0.25, -0.2) is 0 Å². The van der Waals surface area contributed by atoms with Crippen LogP contribution in [0.1, 0.15) is 18.4 Å². The molecule has 5 heteroatoms. The van der Waals surface area contributed by atoms with E-state index in [0.717, 1.165) is 5.56 Å². The number of hydrogen-bond donors (Lipinski definition) is 1. The molecule has 16 heavy (non-hydrogen) atoms. The predicted octanol–water partition coefficient (Wildman–Crippen LogP) is 2.56. The number of hydrogen-bond acceptors (Lipinski definition) is 3. The van der Waals surface area contributed by atoms with Crippen LogP contribution in [0.3, 0.4) is 0 Å². The van der Waals surface area contributed by atoms with Crippen LogP contribution < -0.4 is 0 Å². The lowest BCUT2D eigenvalue weighted by atomic mass is 10.1. The lowest BCUT2D eigenvalue weighted by Gasteiger charge is -2.04. The molecule has 0 atom stereocenters. The average molecular weight is 242 g/mol. The highest BCUT2D eigenvalue weighted by atomic mass is 35.5. The van der Waals surface area contributed by atoms with Crippen LogP contribution in [0, 0.1) is 0 Å². The maximum Gasteiger partial charge on any atom is 0.303 e. The van der Waals surface area contributed by atoms with E-state index in [1.165, 1.54) is 7.11 Å². The Morgan fingerprint density at radius 1 is 1.38 bits per heavy atom. The van der Waals surface area contributed by atoms with E-state index < -0.39 is 5.97 Å². The van der Waals surface area contributed by atoms with Crippen molar-refractivity contribution in [3.05, 3.63) is 34.9 Å². The summed E-state index contributed by atoms with van der Waals surface area (Å²) in [4.78, 5) is 15.2. The molecule has 1 N–H and O–H groups in total. The molecule has 0 heterocycles. The Kier molecular flexibility index (Phi) is 4.79. The minimum Gasteiger partial charge on any atom is -0.481 e. The fourth-order valence-corrected chi connectivity index (χ4v) is 1.35. The molecule has 0 radical (unpaired) electrons. The van der Waals surface area contributed by atoms with Gasteiger partial charge in [-0.15, -0.1) is 0 Å². The van der Waals surface area contributed by atoms with Gasteiger partial charge in [-0.3, -0.25) is 4.79 Å². The highest BCUT2D eigenvalue weighted by Gasteiger charge is 2.07. The van der Waals surface area contributed by atoms with Crippen molar-refractivity contribution in [1.82, 2.24) is 0 Å². The average Bonchev–Trinajstić information content (AvgIpc) is 2.25. The van der Waals surface area contributed by atoms with Crippen LogP contribution in [0.25, 0.3) is 0 Å². The molecule has 0 saturated heterocycles. The Hall–Kier alpha value is -1.55. The molecule has 0 saturated carbocycles. The highest BCUT2D eigenvalue weighted by molar-refractivity contribution is 6.30.